The van der Waals surface area contributed by atoms with Crippen LogP contribution in [0.1, 0.15) is 39.5 Å². The Hall–Kier alpha value is -0.610. The maximum Gasteiger partial charge on any atom is 0.236 e. The number of hydrogen-bond donors (Lipinski definition) is 1. The molecule has 1 heterocycles. The molecule has 0 aromatic heterocycles. The Morgan fingerprint density at radius 3 is 2.44 bits per heavy atom. The Morgan fingerprint density at radius 2 is 1.94 bits per heavy atom. The third-order valence-electron chi connectivity index (χ3n) is 3.44. The molecule has 1 amide bonds. The Balaban J connectivity index is 2.31. The van der Waals surface area contributed by atoms with Crippen LogP contribution in [-0.2, 0) is 4.79 Å². The number of carbonyl (C=O) groups excluding carboxylic acids is 1. The van der Waals surface area contributed by atoms with Crippen molar-refractivity contribution < 1.29 is 4.79 Å². The van der Waals surface area contributed by atoms with Crippen LogP contribution in [0.3, 0.4) is 0 Å². The van der Waals surface area contributed by atoms with Gasteiger partial charge < -0.3 is 10.2 Å². The second-order valence-corrected chi connectivity index (χ2v) is 5.37. The van der Waals surface area contributed by atoms with Crippen LogP contribution in [0, 0.1) is 0 Å². The zero-order chi connectivity index (χ0) is 13.4. The summed E-state index contributed by atoms with van der Waals surface area (Å²) >= 11 is 0. The number of carbonyl (C=O) groups is 1. The van der Waals surface area contributed by atoms with Crippen molar-refractivity contribution in [2.24, 2.45) is 0 Å². The van der Waals surface area contributed by atoms with E-state index in [1.54, 1.807) is 0 Å². The van der Waals surface area contributed by atoms with Crippen LogP contribution in [0.2, 0.25) is 0 Å². The van der Waals surface area contributed by atoms with E-state index in [0.29, 0.717) is 12.6 Å². The fraction of sp³-hybridized carbons (Fsp3) is 0.929. The number of nitrogens with zero attached hydrogens (tertiary/aromatic N) is 2. The SMILES string of the molecule is CCCN(CCC)C(=O)CN(C)CC1CCCN1. The maximum absolute atomic E-state index is 12.2. The molecule has 0 aromatic rings. The first-order chi connectivity index (χ1) is 8.67. The van der Waals surface area contributed by atoms with Gasteiger partial charge in [-0.05, 0) is 39.3 Å². The van der Waals surface area contributed by atoms with Crippen LogP contribution >= 0.6 is 0 Å². The van der Waals surface area contributed by atoms with Crippen molar-refractivity contribution in [3.05, 3.63) is 0 Å². The van der Waals surface area contributed by atoms with Gasteiger partial charge in [0, 0.05) is 25.7 Å². The predicted octanol–water partition coefficient (Wildman–Crippen LogP) is 1.32. The maximum atomic E-state index is 12.2. The van der Waals surface area contributed by atoms with Gasteiger partial charge in [0.1, 0.15) is 0 Å². The Bertz CT molecular complexity index is 233. The van der Waals surface area contributed by atoms with Gasteiger partial charge in [-0.15, -0.1) is 0 Å². The number of rotatable bonds is 8. The normalized spacial score (nSPS) is 19.4. The molecule has 0 saturated carbocycles. The number of nitrogens with one attached hydrogen (secondary N) is 1. The van der Waals surface area contributed by atoms with Gasteiger partial charge in [0.2, 0.25) is 5.91 Å². The van der Waals surface area contributed by atoms with Crippen LogP contribution in [0.4, 0.5) is 0 Å². The minimum atomic E-state index is 0.277. The quantitative estimate of drug-likeness (QED) is 0.710. The van der Waals surface area contributed by atoms with Gasteiger partial charge in [0.05, 0.1) is 6.54 Å². The largest absolute Gasteiger partial charge is 0.342 e. The molecule has 1 saturated heterocycles. The van der Waals surface area contributed by atoms with Crippen molar-refractivity contribution in [1.29, 1.82) is 0 Å². The Labute approximate surface area is 112 Å². The summed E-state index contributed by atoms with van der Waals surface area (Å²) in [6.45, 7) is 8.70. The van der Waals surface area contributed by atoms with Gasteiger partial charge in [-0.1, -0.05) is 13.8 Å². The van der Waals surface area contributed by atoms with Crippen molar-refractivity contribution in [2.75, 3.05) is 39.8 Å². The standard InChI is InChI=1S/C14H29N3O/c1-4-9-17(10-5-2)14(18)12-16(3)11-13-7-6-8-15-13/h13,15H,4-12H2,1-3H3. The summed E-state index contributed by atoms with van der Waals surface area (Å²) in [5.74, 6) is 0.277. The molecule has 1 atom stereocenters. The summed E-state index contributed by atoms with van der Waals surface area (Å²) in [4.78, 5) is 16.3. The minimum absolute atomic E-state index is 0.277. The van der Waals surface area contributed by atoms with Crippen LogP contribution in [0.15, 0.2) is 0 Å². The van der Waals surface area contributed by atoms with Crippen LogP contribution < -0.4 is 5.32 Å². The van der Waals surface area contributed by atoms with Crippen molar-refractivity contribution in [1.82, 2.24) is 15.1 Å². The zero-order valence-electron chi connectivity index (χ0n) is 12.2. The van der Waals surface area contributed by atoms with Crippen molar-refractivity contribution in [3.8, 4) is 0 Å². The lowest BCUT2D eigenvalue weighted by molar-refractivity contribution is -0.132. The highest BCUT2D eigenvalue weighted by Gasteiger charge is 2.19. The molecular formula is C14H29N3O. The summed E-state index contributed by atoms with van der Waals surface area (Å²) in [5, 5.41) is 3.47. The van der Waals surface area contributed by atoms with Gasteiger partial charge in [-0.2, -0.15) is 0 Å². The molecule has 0 spiro atoms. The topological polar surface area (TPSA) is 35.6 Å². The Morgan fingerprint density at radius 1 is 1.28 bits per heavy atom. The Kier molecular flexibility index (Phi) is 7.28. The summed E-state index contributed by atoms with van der Waals surface area (Å²) in [7, 11) is 2.05. The first kappa shape index (κ1) is 15.4. The second-order valence-electron chi connectivity index (χ2n) is 5.37. The number of likely N-dealkylation sites (N-methyl/N-ethyl adjacent to an activating group) is 1. The first-order valence-electron chi connectivity index (χ1n) is 7.37. The molecule has 1 fully saturated rings. The van der Waals surface area contributed by atoms with Gasteiger partial charge in [0.15, 0.2) is 0 Å². The lowest BCUT2D eigenvalue weighted by Gasteiger charge is -2.26. The van der Waals surface area contributed by atoms with Gasteiger partial charge >= 0.3 is 0 Å². The van der Waals surface area contributed by atoms with Crippen LogP contribution in [0.25, 0.3) is 0 Å². The highest BCUT2D eigenvalue weighted by Crippen LogP contribution is 2.06. The average molecular weight is 255 g/mol. The van der Waals surface area contributed by atoms with Gasteiger partial charge in [0.25, 0.3) is 0 Å². The monoisotopic (exact) mass is 255 g/mol. The van der Waals surface area contributed by atoms with Crippen LogP contribution in [0.5, 0.6) is 0 Å². The number of hydrogen-bond acceptors (Lipinski definition) is 3. The molecule has 1 aliphatic rings. The second kappa shape index (κ2) is 8.48. The van der Waals surface area contributed by atoms with E-state index >= 15 is 0 Å². The molecule has 1 unspecified atom stereocenters. The minimum Gasteiger partial charge on any atom is -0.342 e. The molecule has 1 N–H and O–H groups in total. The third-order valence-corrected chi connectivity index (χ3v) is 3.44. The van der Waals surface area contributed by atoms with Crippen molar-refractivity contribution in [2.45, 2.75) is 45.6 Å². The van der Waals surface area contributed by atoms with E-state index < -0.39 is 0 Å². The summed E-state index contributed by atoms with van der Waals surface area (Å²) in [6.07, 6.45) is 4.59. The fourth-order valence-corrected chi connectivity index (χ4v) is 2.59. The molecule has 4 nitrogen and oxygen atoms in total. The lowest BCUT2D eigenvalue weighted by Crippen LogP contribution is -2.43. The van der Waals surface area contributed by atoms with E-state index in [2.05, 4.69) is 24.1 Å². The number of amides is 1. The highest BCUT2D eigenvalue weighted by molar-refractivity contribution is 5.78. The van der Waals surface area contributed by atoms with Gasteiger partial charge in [-0.25, -0.2) is 0 Å². The first-order valence-corrected chi connectivity index (χ1v) is 7.37. The van der Waals surface area contributed by atoms with E-state index in [4.69, 9.17) is 0 Å². The molecular weight excluding hydrogens is 226 g/mol. The van der Waals surface area contributed by atoms with E-state index in [1.165, 1.54) is 12.8 Å². The highest BCUT2D eigenvalue weighted by atomic mass is 16.2. The third kappa shape index (κ3) is 5.36. The molecule has 18 heavy (non-hydrogen) atoms. The molecule has 0 aromatic carbocycles. The molecule has 1 rings (SSSR count). The molecule has 1 aliphatic heterocycles. The molecule has 0 radical (unpaired) electrons. The van der Waals surface area contributed by atoms with Crippen molar-refractivity contribution in [3.63, 3.8) is 0 Å². The van der Waals surface area contributed by atoms with Crippen LogP contribution in [-0.4, -0.2) is 61.5 Å². The molecule has 106 valence electrons. The van der Waals surface area contributed by atoms with E-state index in [0.717, 1.165) is 39.0 Å². The fourth-order valence-electron chi connectivity index (χ4n) is 2.59. The molecule has 0 bridgehead atoms. The molecule has 0 aliphatic carbocycles. The van der Waals surface area contributed by atoms with E-state index in [1.807, 2.05) is 11.9 Å². The van der Waals surface area contributed by atoms with E-state index in [9.17, 15) is 4.79 Å². The predicted molar refractivity (Wildman–Crippen MR) is 75.7 cm³/mol. The van der Waals surface area contributed by atoms with E-state index in [-0.39, 0.29) is 5.91 Å². The summed E-state index contributed by atoms with van der Waals surface area (Å²) in [6, 6.07) is 0.577. The van der Waals surface area contributed by atoms with Gasteiger partial charge in [-0.3, -0.25) is 9.69 Å². The smallest absolute Gasteiger partial charge is 0.236 e. The summed E-state index contributed by atoms with van der Waals surface area (Å²) in [5.41, 5.74) is 0. The zero-order valence-corrected chi connectivity index (χ0v) is 12.2. The average Bonchev–Trinajstić information content (AvgIpc) is 2.81. The van der Waals surface area contributed by atoms with Crippen molar-refractivity contribution >= 4 is 5.91 Å². The lowest BCUT2D eigenvalue weighted by atomic mass is 10.2. The summed E-state index contributed by atoms with van der Waals surface area (Å²) < 4.78 is 0. The molecule has 4 heteroatoms.